The number of hydrogen-bond acceptors (Lipinski definition) is 5. The first-order chi connectivity index (χ1) is 11.9. The number of ether oxygens (including phenoxy) is 2. The fraction of sp³-hybridized carbons (Fsp3) is 0.167. The first-order valence-corrected chi connectivity index (χ1v) is 7.68. The predicted molar refractivity (Wildman–Crippen MR) is 93.5 cm³/mol. The topological polar surface area (TPSA) is 81.7 Å². The Labute approximate surface area is 149 Å². The van der Waals surface area contributed by atoms with Crippen molar-refractivity contribution >= 4 is 35.5 Å². The Balaban J connectivity index is 1.97. The van der Waals surface area contributed by atoms with E-state index in [1.807, 2.05) is 0 Å². The first kappa shape index (κ1) is 18.5. The summed E-state index contributed by atoms with van der Waals surface area (Å²) >= 11 is 6.01. The molecule has 7 heteroatoms. The maximum atomic E-state index is 12.0. The van der Waals surface area contributed by atoms with Gasteiger partial charge in [-0.2, -0.15) is 0 Å². The zero-order valence-electron chi connectivity index (χ0n) is 13.7. The van der Waals surface area contributed by atoms with Gasteiger partial charge >= 0.3 is 5.97 Å². The van der Waals surface area contributed by atoms with Crippen LogP contribution in [0.1, 0.15) is 26.3 Å². The number of nitrogens with one attached hydrogen (secondary N) is 1. The van der Waals surface area contributed by atoms with Gasteiger partial charge in [-0.3, -0.25) is 9.59 Å². The molecule has 130 valence electrons. The number of esters is 1. The smallest absolute Gasteiger partial charge is 0.338 e. The highest BCUT2D eigenvalue weighted by Crippen LogP contribution is 2.30. The molecule has 2 rings (SSSR count). The van der Waals surface area contributed by atoms with Gasteiger partial charge in [0.25, 0.3) is 5.91 Å². The van der Waals surface area contributed by atoms with E-state index < -0.39 is 18.5 Å². The second-order valence-corrected chi connectivity index (χ2v) is 5.57. The highest BCUT2D eigenvalue weighted by molar-refractivity contribution is 6.31. The number of carbonyl (C=O) groups excluding carboxylic acids is 3. The van der Waals surface area contributed by atoms with Gasteiger partial charge in [0.15, 0.2) is 6.61 Å². The monoisotopic (exact) mass is 361 g/mol. The Morgan fingerprint density at radius 2 is 1.88 bits per heavy atom. The van der Waals surface area contributed by atoms with Crippen molar-refractivity contribution in [1.29, 1.82) is 0 Å². The van der Waals surface area contributed by atoms with Crippen LogP contribution < -0.4 is 10.1 Å². The summed E-state index contributed by atoms with van der Waals surface area (Å²) in [7, 11) is 1.46. The summed E-state index contributed by atoms with van der Waals surface area (Å²) in [6.07, 6.45) is 0.671. The zero-order valence-corrected chi connectivity index (χ0v) is 14.4. The van der Waals surface area contributed by atoms with Gasteiger partial charge in [-0.05, 0) is 30.7 Å². The molecule has 0 unspecified atom stereocenters. The molecule has 6 nitrogen and oxygen atoms in total. The van der Waals surface area contributed by atoms with Crippen LogP contribution in [0.15, 0.2) is 36.4 Å². The third-order valence-corrected chi connectivity index (χ3v) is 3.78. The Bertz CT molecular complexity index is 802. The molecule has 0 saturated carbocycles. The molecule has 0 aliphatic carbocycles. The maximum Gasteiger partial charge on any atom is 0.338 e. The Hall–Kier alpha value is -2.86. The second-order valence-electron chi connectivity index (χ2n) is 5.17. The lowest BCUT2D eigenvalue weighted by atomic mass is 10.1. The minimum atomic E-state index is -0.660. The van der Waals surface area contributed by atoms with Crippen LogP contribution in [0.5, 0.6) is 5.75 Å². The van der Waals surface area contributed by atoms with Crippen molar-refractivity contribution in [1.82, 2.24) is 0 Å². The Morgan fingerprint density at radius 1 is 1.20 bits per heavy atom. The average molecular weight is 362 g/mol. The summed E-state index contributed by atoms with van der Waals surface area (Å²) in [6.45, 7) is 1.33. The number of halogens is 1. The zero-order chi connectivity index (χ0) is 18.4. The molecule has 0 bridgehead atoms. The van der Waals surface area contributed by atoms with Crippen molar-refractivity contribution in [3.8, 4) is 5.75 Å². The van der Waals surface area contributed by atoms with Crippen LogP contribution in [0.25, 0.3) is 0 Å². The summed E-state index contributed by atoms with van der Waals surface area (Å²) in [5, 5.41) is 3.12. The summed E-state index contributed by atoms with van der Waals surface area (Å²) in [5.41, 5.74) is 1.89. The molecule has 0 heterocycles. The van der Waals surface area contributed by atoms with E-state index in [0.717, 1.165) is 5.56 Å². The van der Waals surface area contributed by atoms with Gasteiger partial charge in [0, 0.05) is 16.7 Å². The molecule has 0 aromatic heterocycles. The number of anilines is 1. The van der Waals surface area contributed by atoms with Crippen molar-refractivity contribution in [2.75, 3.05) is 19.0 Å². The lowest BCUT2D eigenvalue weighted by molar-refractivity contribution is -0.119. The standard InChI is InChI=1S/C18H16ClNO5/c1-11-7-15(16(24-2)8-14(11)19)20-17(22)10-25-18(23)13-5-3-12(9-21)4-6-13/h3-9H,10H2,1-2H3,(H,20,22). The minimum Gasteiger partial charge on any atom is -0.495 e. The summed E-state index contributed by atoms with van der Waals surface area (Å²) in [5.74, 6) is -0.774. The van der Waals surface area contributed by atoms with Crippen molar-refractivity contribution in [2.45, 2.75) is 6.92 Å². The van der Waals surface area contributed by atoms with E-state index in [-0.39, 0.29) is 5.56 Å². The molecule has 0 radical (unpaired) electrons. The van der Waals surface area contributed by atoms with Crippen LogP contribution in [-0.2, 0) is 9.53 Å². The molecule has 0 spiro atoms. The molecule has 0 fully saturated rings. The van der Waals surface area contributed by atoms with Gasteiger partial charge in [0.2, 0.25) is 0 Å². The van der Waals surface area contributed by atoms with Gasteiger partial charge in [0.1, 0.15) is 12.0 Å². The molecule has 0 saturated heterocycles. The van der Waals surface area contributed by atoms with E-state index in [1.165, 1.54) is 31.4 Å². The van der Waals surface area contributed by atoms with Gasteiger partial charge in [-0.15, -0.1) is 0 Å². The molecular weight excluding hydrogens is 346 g/mol. The van der Waals surface area contributed by atoms with Gasteiger partial charge < -0.3 is 14.8 Å². The summed E-state index contributed by atoms with van der Waals surface area (Å²) in [6, 6.07) is 9.15. The van der Waals surface area contributed by atoms with Crippen LogP contribution >= 0.6 is 11.6 Å². The van der Waals surface area contributed by atoms with Crippen LogP contribution in [-0.4, -0.2) is 31.9 Å². The molecule has 0 aliphatic heterocycles. The van der Waals surface area contributed by atoms with Crippen LogP contribution in [0.3, 0.4) is 0 Å². The minimum absolute atomic E-state index is 0.248. The van der Waals surface area contributed by atoms with Crippen molar-refractivity contribution in [3.05, 3.63) is 58.1 Å². The van der Waals surface area contributed by atoms with Crippen LogP contribution in [0.2, 0.25) is 5.02 Å². The highest BCUT2D eigenvalue weighted by atomic mass is 35.5. The predicted octanol–water partition coefficient (Wildman–Crippen LogP) is 3.27. The lowest BCUT2D eigenvalue weighted by Gasteiger charge is -2.12. The van der Waals surface area contributed by atoms with E-state index in [9.17, 15) is 14.4 Å². The number of amides is 1. The molecule has 0 aliphatic rings. The summed E-state index contributed by atoms with van der Waals surface area (Å²) < 4.78 is 10.1. The Morgan fingerprint density at radius 3 is 2.48 bits per heavy atom. The third kappa shape index (κ3) is 4.81. The number of methoxy groups -OCH3 is 1. The number of benzene rings is 2. The first-order valence-electron chi connectivity index (χ1n) is 7.31. The van der Waals surface area contributed by atoms with Crippen LogP contribution in [0.4, 0.5) is 5.69 Å². The van der Waals surface area contributed by atoms with E-state index in [4.69, 9.17) is 21.1 Å². The van der Waals surface area contributed by atoms with Gasteiger partial charge in [0.05, 0.1) is 18.4 Å². The molecule has 1 amide bonds. The van der Waals surface area contributed by atoms with Crippen molar-refractivity contribution in [3.63, 3.8) is 0 Å². The SMILES string of the molecule is COc1cc(Cl)c(C)cc1NC(=O)COC(=O)c1ccc(C=O)cc1. The molecule has 25 heavy (non-hydrogen) atoms. The van der Waals surface area contributed by atoms with Crippen LogP contribution in [0, 0.1) is 6.92 Å². The van der Waals surface area contributed by atoms with E-state index in [0.29, 0.717) is 28.3 Å². The van der Waals surface area contributed by atoms with E-state index in [2.05, 4.69) is 5.32 Å². The fourth-order valence-electron chi connectivity index (χ4n) is 2.03. The summed E-state index contributed by atoms with van der Waals surface area (Å²) in [4.78, 5) is 34.5. The molecule has 0 atom stereocenters. The number of aldehydes is 1. The quantitative estimate of drug-likeness (QED) is 0.630. The number of rotatable bonds is 6. The van der Waals surface area contributed by atoms with Crippen molar-refractivity contribution in [2.24, 2.45) is 0 Å². The van der Waals surface area contributed by atoms with Crippen molar-refractivity contribution < 1.29 is 23.9 Å². The molecule has 2 aromatic rings. The van der Waals surface area contributed by atoms with E-state index in [1.54, 1.807) is 19.1 Å². The molecule has 1 N–H and O–H groups in total. The Kier molecular flexibility index (Phi) is 6.14. The average Bonchev–Trinajstić information content (AvgIpc) is 2.62. The normalized spacial score (nSPS) is 10.0. The largest absolute Gasteiger partial charge is 0.495 e. The number of hydrogen-bond donors (Lipinski definition) is 1. The lowest BCUT2D eigenvalue weighted by Crippen LogP contribution is -2.21. The van der Waals surface area contributed by atoms with Gasteiger partial charge in [-0.1, -0.05) is 23.7 Å². The van der Waals surface area contributed by atoms with Gasteiger partial charge in [-0.25, -0.2) is 4.79 Å². The number of carbonyl (C=O) groups is 3. The second kappa shape index (κ2) is 8.30. The third-order valence-electron chi connectivity index (χ3n) is 3.37. The van der Waals surface area contributed by atoms with E-state index >= 15 is 0 Å². The molecular formula is C18H16ClNO5. The fourth-order valence-corrected chi connectivity index (χ4v) is 2.18. The highest BCUT2D eigenvalue weighted by Gasteiger charge is 2.13. The molecule has 2 aromatic carbocycles. The maximum absolute atomic E-state index is 12.0. The number of aryl methyl sites for hydroxylation is 1.